The minimum atomic E-state index is -0.807. The second kappa shape index (κ2) is 8.67. The maximum absolute atomic E-state index is 12.6. The van der Waals surface area contributed by atoms with Crippen molar-refractivity contribution in [2.45, 2.75) is 19.1 Å². The lowest BCUT2D eigenvalue weighted by molar-refractivity contribution is -0.147. The van der Waals surface area contributed by atoms with E-state index in [0.717, 1.165) is 11.1 Å². The first kappa shape index (κ1) is 17.5. The van der Waals surface area contributed by atoms with Crippen LogP contribution in [0, 0.1) is 0 Å². The number of hydrogen-bond donors (Lipinski definition) is 1. The molecule has 2 aromatic carbocycles. The van der Waals surface area contributed by atoms with Crippen molar-refractivity contribution < 1.29 is 18.7 Å². The maximum atomic E-state index is 12.6. The van der Waals surface area contributed by atoms with E-state index in [4.69, 9.17) is 9.15 Å². The van der Waals surface area contributed by atoms with Crippen molar-refractivity contribution in [2.24, 2.45) is 0 Å². The molecule has 5 nitrogen and oxygen atoms in total. The van der Waals surface area contributed by atoms with Crippen molar-refractivity contribution in [3.63, 3.8) is 0 Å². The number of carbonyl (C=O) groups excluding carboxylic acids is 2. The molecule has 0 unspecified atom stereocenters. The summed E-state index contributed by atoms with van der Waals surface area (Å²) in [4.78, 5) is 24.8. The molecule has 0 spiro atoms. The second-order valence-electron chi connectivity index (χ2n) is 5.79. The number of carbonyl (C=O) groups is 2. The lowest BCUT2D eigenvalue weighted by Crippen LogP contribution is -2.43. The lowest BCUT2D eigenvalue weighted by atomic mass is 10.1. The molecular weight excluding hydrogens is 330 g/mol. The van der Waals surface area contributed by atoms with Crippen LogP contribution in [0.3, 0.4) is 0 Å². The van der Waals surface area contributed by atoms with E-state index in [2.05, 4.69) is 5.32 Å². The Morgan fingerprint density at radius 3 is 2.15 bits per heavy atom. The quantitative estimate of drug-likeness (QED) is 0.664. The molecule has 1 aromatic heterocycles. The largest absolute Gasteiger partial charge is 0.459 e. The van der Waals surface area contributed by atoms with E-state index in [0.29, 0.717) is 6.42 Å². The number of ether oxygens (including phenoxy) is 1. The van der Waals surface area contributed by atoms with Crippen molar-refractivity contribution in [3.8, 4) is 0 Å². The topological polar surface area (TPSA) is 68.5 Å². The van der Waals surface area contributed by atoms with E-state index in [1.807, 2.05) is 60.7 Å². The second-order valence-corrected chi connectivity index (χ2v) is 5.79. The molecule has 0 saturated carbocycles. The molecule has 0 aliphatic heterocycles. The molecular formula is C21H19NO4. The van der Waals surface area contributed by atoms with Crippen LogP contribution in [0.2, 0.25) is 0 Å². The third kappa shape index (κ3) is 4.83. The van der Waals surface area contributed by atoms with Gasteiger partial charge in [-0.15, -0.1) is 0 Å². The summed E-state index contributed by atoms with van der Waals surface area (Å²) in [5, 5.41) is 2.70. The fourth-order valence-corrected chi connectivity index (χ4v) is 2.51. The maximum Gasteiger partial charge on any atom is 0.329 e. The Labute approximate surface area is 151 Å². The summed E-state index contributed by atoms with van der Waals surface area (Å²) in [6.07, 6.45) is 1.75. The van der Waals surface area contributed by atoms with Crippen molar-refractivity contribution in [2.75, 3.05) is 0 Å². The molecule has 0 aliphatic carbocycles. The molecule has 0 saturated heterocycles. The summed E-state index contributed by atoms with van der Waals surface area (Å²) in [5.41, 5.74) is 1.81. The molecule has 3 rings (SSSR count). The summed E-state index contributed by atoms with van der Waals surface area (Å²) in [5.74, 6) is -0.788. The van der Waals surface area contributed by atoms with E-state index in [1.165, 1.54) is 6.26 Å². The highest BCUT2D eigenvalue weighted by Crippen LogP contribution is 2.09. The van der Waals surface area contributed by atoms with E-state index in [-0.39, 0.29) is 12.4 Å². The molecule has 0 fully saturated rings. The van der Waals surface area contributed by atoms with E-state index >= 15 is 0 Å². The van der Waals surface area contributed by atoms with Crippen LogP contribution >= 0.6 is 0 Å². The molecule has 1 N–H and O–H groups in total. The van der Waals surface area contributed by atoms with Crippen molar-refractivity contribution in [3.05, 3.63) is 95.9 Å². The zero-order chi connectivity index (χ0) is 18.2. The molecule has 1 heterocycles. The molecule has 132 valence electrons. The van der Waals surface area contributed by atoms with Gasteiger partial charge in [0.05, 0.1) is 6.26 Å². The monoisotopic (exact) mass is 349 g/mol. The Balaban J connectivity index is 1.68. The van der Waals surface area contributed by atoms with Gasteiger partial charge >= 0.3 is 5.97 Å². The molecule has 5 heteroatoms. The fourth-order valence-electron chi connectivity index (χ4n) is 2.51. The molecule has 0 radical (unpaired) electrons. The Hall–Kier alpha value is -3.34. The number of rotatable bonds is 7. The van der Waals surface area contributed by atoms with Gasteiger partial charge in [-0.25, -0.2) is 4.79 Å². The zero-order valence-corrected chi connectivity index (χ0v) is 14.1. The third-order valence-corrected chi connectivity index (χ3v) is 3.84. The van der Waals surface area contributed by atoms with Crippen molar-refractivity contribution in [1.29, 1.82) is 0 Å². The van der Waals surface area contributed by atoms with Crippen LogP contribution in [0.4, 0.5) is 0 Å². The van der Waals surface area contributed by atoms with Gasteiger partial charge in [0.15, 0.2) is 5.76 Å². The first-order chi connectivity index (χ1) is 12.7. The highest BCUT2D eigenvalue weighted by atomic mass is 16.5. The van der Waals surface area contributed by atoms with Crippen LogP contribution in [-0.2, 0) is 22.6 Å². The van der Waals surface area contributed by atoms with Crippen molar-refractivity contribution >= 4 is 11.9 Å². The first-order valence-corrected chi connectivity index (χ1v) is 8.31. The van der Waals surface area contributed by atoms with Crippen LogP contribution in [0.1, 0.15) is 21.7 Å². The van der Waals surface area contributed by atoms with Crippen molar-refractivity contribution in [1.82, 2.24) is 5.32 Å². The number of nitrogens with one attached hydrogen (secondary N) is 1. The number of esters is 1. The zero-order valence-electron chi connectivity index (χ0n) is 14.1. The highest BCUT2D eigenvalue weighted by molar-refractivity contribution is 5.94. The molecule has 0 bridgehead atoms. The van der Waals surface area contributed by atoms with E-state index in [9.17, 15) is 9.59 Å². The fraction of sp³-hybridized carbons (Fsp3) is 0.143. The molecule has 0 aliphatic rings. The minimum absolute atomic E-state index is 0.152. The SMILES string of the molecule is O=C(N[C@@H](Cc1ccccc1)C(=O)OCc1ccccc1)c1ccco1. The van der Waals surface area contributed by atoms with Crippen LogP contribution < -0.4 is 5.32 Å². The summed E-state index contributed by atoms with van der Waals surface area (Å²) < 4.78 is 10.5. The molecule has 1 atom stereocenters. The summed E-state index contributed by atoms with van der Waals surface area (Å²) >= 11 is 0. The average Bonchev–Trinajstić information content (AvgIpc) is 3.22. The molecule has 3 aromatic rings. The Bertz CT molecular complexity index is 829. The molecule has 26 heavy (non-hydrogen) atoms. The van der Waals surface area contributed by atoms with Gasteiger partial charge in [0.1, 0.15) is 12.6 Å². The van der Waals surface area contributed by atoms with Crippen LogP contribution in [0.15, 0.2) is 83.5 Å². The van der Waals surface area contributed by atoms with Gasteiger partial charge in [-0.2, -0.15) is 0 Å². The van der Waals surface area contributed by atoms with Crippen LogP contribution in [0.5, 0.6) is 0 Å². The van der Waals surface area contributed by atoms with Crippen LogP contribution in [-0.4, -0.2) is 17.9 Å². The number of amides is 1. The lowest BCUT2D eigenvalue weighted by Gasteiger charge is -2.17. The Kier molecular flexibility index (Phi) is 5.83. The molecule has 1 amide bonds. The smallest absolute Gasteiger partial charge is 0.329 e. The standard InChI is InChI=1S/C21H19NO4/c23-20(19-12-7-13-25-19)22-18(14-16-8-3-1-4-9-16)21(24)26-15-17-10-5-2-6-11-17/h1-13,18H,14-15H2,(H,22,23)/t18-/m0/s1. The number of furan rings is 1. The van der Waals surface area contributed by atoms with Gasteiger partial charge < -0.3 is 14.5 Å². The number of hydrogen-bond acceptors (Lipinski definition) is 4. The predicted octanol–water partition coefficient (Wildman–Crippen LogP) is 3.36. The van der Waals surface area contributed by atoms with Gasteiger partial charge in [0.2, 0.25) is 0 Å². The normalized spacial score (nSPS) is 11.5. The third-order valence-electron chi connectivity index (χ3n) is 3.84. The van der Waals surface area contributed by atoms with Gasteiger partial charge in [-0.3, -0.25) is 4.79 Å². The predicted molar refractivity (Wildman–Crippen MR) is 96.3 cm³/mol. The number of benzene rings is 2. The first-order valence-electron chi connectivity index (χ1n) is 8.31. The summed E-state index contributed by atoms with van der Waals surface area (Å²) in [6.45, 7) is 0.154. The van der Waals surface area contributed by atoms with E-state index < -0.39 is 17.9 Å². The highest BCUT2D eigenvalue weighted by Gasteiger charge is 2.24. The summed E-state index contributed by atoms with van der Waals surface area (Å²) in [6, 6.07) is 21.2. The summed E-state index contributed by atoms with van der Waals surface area (Å²) in [7, 11) is 0. The minimum Gasteiger partial charge on any atom is -0.459 e. The van der Waals surface area contributed by atoms with Gasteiger partial charge in [-0.1, -0.05) is 60.7 Å². The van der Waals surface area contributed by atoms with Crippen LogP contribution in [0.25, 0.3) is 0 Å². The van der Waals surface area contributed by atoms with E-state index in [1.54, 1.807) is 12.1 Å². The average molecular weight is 349 g/mol. The van der Waals surface area contributed by atoms with Gasteiger partial charge in [-0.05, 0) is 23.3 Å². The Morgan fingerprint density at radius 1 is 0.885 bits per heavy atom. The van der Waals surface area contributed by atoms with Gasteiger partial charge in [0.25, 0.3) is 5.91 Å². The Morgan fingerprint density at radius 2 is 1.54 bits per heavy atom. The van der Waals surface area contributed by atoms with Gasteiger partial charge in [0, 0.05) is 6.42 Å².